The third kappa shape index (κ3) is 3.52. The van der Waals surface area contributed by atoms with E-state index in [-0.39, 0.29) is 10.8 Å². The molecule has 0 unspecified atom stereocenters. The molecule has 0 N–H and O–H groups in total. The van der Waals surface area contributed by atoms with E-state index in [1.807, 2.05) is 55.5 Å². The van der Waals surface area contributed by atoms with E-state index in [1.54, 1.807) is 18.2 Å². The first-order chi connectivity index (χ1) is 13.0. The molecule has 3 aromatic carbocycles. The molecule has 6 heteroatoms. The summed E-state index contributed by atoms with van der Waals surface area (Å²) < 4.78 is 30.9. The summed E-state index contributed by atoms with van der Waals surface area (Å²) in [7, 11) is -4.03. The van der Waals surface area contributed by atoms with Crippen LogP contribution >= 0.6 is 0 Å². The highest BCUT2D eigenvalue weighted by Crippen LogP contribution is 2.30. The Bertz CT molecular complexity index is 1210. The fourth-order valence-corrected chi connectivity index (χ4v) is 3.57. The van der Waals surface area contributed by atoms with Crippen LogP contribution in [0.3, 0.4) is 0 Å². The lowest BCUT2D eigenvalue weighted by Gasteiger charge is -2.11. The van der Waals surface area contributed by atoms with Crippen LogP contribution in [0, 0.1) is 6.92 Å². The van der Waals surface area contributed by atoms with Gasteiger partial charge in [-0.3, -0.25) is 0 Å². The highest BCUT2D eigenvalue weighted by molar-refractivity contribution is 7.87. The number of aromatic nitrogens is 2. The molecule has 4 rings (SSSR count). The maximum Gasteiger partial charge on any atom is 0.340 e. The zero-order valence-electron chi connectivity index (χ0n) is 14.5. The van der Waals surface area contributed by atoms with E-state index in [0.717, 1.165) is 11.1 Å². The summed E-state index contributed by atoms with van der Waals surface area (Å²) in [5.41, 5.74) is 3.29. The van der Waals surface area contributed by atoms with E-state index in [0.29, 0.717) is 16.7 Å². The van der Waals surface area contributed by atoms with Crippen molar-refractivity contribution in [1.29, 1.82) is 0 Å². The van der Waals surface area contributed by atoms with Crippen LogP contribution < -0.4 is 4.18 Å². The molecular formula is C21H16N2O3S. The summed E-state index contributed by atoms with van der Waals surface area (Å²) >= 11 is 0. The van der Waals surface area contributed by atoms with Crippen LogP contribution in [0.15, 0.2) is 83.8 Å². The Kier molecular flexibility index (Phi) is 4.33. The molecule has 0 amide bonds. The summed E-state index contributed by atoms with van der Waals surface area (Å²) in [5.74, 6) is -0.0412. The Hall–Kier alpha value is -3.25. The molecule has 4 aromatic rings. The molecule has 1 heterocycles. The summed E-state index contributed by atoms with van der Waals surface area (Å²) in [6.45, 7) is 1.89. The molecule has 0 spiro atoms. The number of hydrogen-bond acceptors (Lipinski definition) is 5. The Labute approximate surface area is 157 Å². The van der Waals surface area contributed by atoms with Crippen LogP contribution in [0.4, 0.5) is 0 Å². The summed E-state index contributed by atoms with van der Waals surface area (Å²) in [6, 6.07) is 23.0. The van der Waals surface area contributed by atoms with Gasteiger partial charge in [0, 0.05) is 5.56 Å². The lowest BCUT2D eigenvalue weighted by Crippen LogP contribution is -2.12. The van der Waals surface area contributed by atoms with Crippen molar-refractivity contribution in [2.45, 2.75) is 11.8 Å². The molecule has 0 atom stereocenters. The Morgan fingerprint density at radius 1 is 0.741 bits per heavy atom. The number of nitrogens with zero attached hydrogens (tertiary/aromatic N) is 2. The quantitative estimate of drug-likeness (QED) is 0.495. The van der Waals surface area contributed by atoms with Crippen molar-refractivity contribution in [2.24, 2.45) is 0 Å². The standard InChI is InChI=1S/C21H16N2O3S/c1-15-11-13-17(14-12-15)27(24,25)26-21-20(16-7-3-2-4-8-16)22-18-9-5-6-10-19(18)23-21/h2-14H,1H3. The minimum absolute atomic E-state index is 0.0412. The highest BCUT2D eigenvalue weighted by Gasteiger charge is 2.21. The van der Waals surface area contributed by atoms with Crippen molar-refractivity contribution in [3.63, 3.8) is 0 Å². The fourth-order valence-electron chi connectivity index (χ4n) is 2.68. The second kappa shape index (κ2) is 6.81. The predicted molar refractivity (Wildman–Crippen MR) is 104 cm³/mol. The third-order valence-corrected chi connectivity index (χ3v) is 5.31. The van der Waals surface area contributed by atoms with Gasteiger partial charge in [0.1, 0.15) is 10.6 Å². The summed E-state index contributed by atoms with van der Waals surface area (Å²) in [4.78, 5) is 9.07. The zero-order valence-corrected chi connectivity index (χ0v) is 15.3. The molecule has 0 radical (unpaired) electrons. The molecule has 1 aromatic heterocycles. The Balaban J connectivity index is 1.86. The predicted octanol–water partition coefficient (Wildman–Crippen LogP) is 4.37. The van der Waals surface area contributed by atoms with E-state index >= 15 is 0 Å². The van der Waals surface area contributed by atoms with Gasteiger partial charge in [-0.2, -0.15) is 8.42 Å². The first-order valence-corrected chi connectivity index (χ1v) is 9.77. The van der Waals surface area contributed by atoms with E-state index in [9.17, 15) is 8.42 Å². The van der Waals surface area contributed by atoms with Gasteiger partial charge in [0.15, 0.2) is 0 Å². The van der Waals surface area contributed by atoms with Crippen LogP contribution in [0.1, 0.15) is 5.56 Å². The number of para-hydroxylation sites is 2. The first kappa shape index (κ1) is 17.2. The molecule has 5 nitrogen and oxygen atoms in total. The van der Waals surface area contributed by atoms with Gasteiger partial charge < -0.3 is 4.18 Å². The Morgan fingerprint density at radius 2 is 1.33 bits per heavy atom. The maximum atomic E-state index is 12.7. The molecule has 0 aliphatic heterocycles. The van der Waals surface area contributed by atoms with Crippen molar-refractivity contribution in [1.82, 2.24) is 9.97 Å². The van der Waals surface area contributed by atoms with Gasteiger partial charge in [-0.05, 0) is 31.2 Å². The van der Waals surface area contributed by atoms with E-state index in [4.69, 9.17) is 4.18 Å². The molecular weight excluding hydrogens is 360 g/mol. The zero-order chi connectivity index (χ0) is 18.9. The summed E-state index contributed by atoms with van der Waals surface area (Å²) in [6.07, 6.45) is 0. The lowest BCUT2D eigenvalue weighted by atomic mass is 10.1. The molecule has 0 saturated carbocycles. The van der Waals surface area contributed by atoms with Gasteiger partial charge in [0.2, 0.25) is 0 Å². The summed E-state index contributed by atoms with van der Waals surface area (Å²) in [5, 5.41) is 0. The monoisotopic (exact) mass is 376 g/mol. The van der Waals surface area contributed by atoms with Crippen LogP contribution in [0.25, 0.3) is 22.3 Å². The van der Waals surface area contributed by atoms with Gasteiger partial charge in [-0.25, -0.2) is 9.97 Å². The SMILES string of the molecule is Cc1ccc(S(=O)(=O)Oc2nc3ccccc3nc2-c2ccccc2)cc1. The largest absolute Gasteiger partial charge is 0.356 e. The van der Waals surface area contributed by atoms with Crippen LogP contribution in [0.2, 0.25) is 0 Å². The van der Waals surface area contributed by atoms with Gasteiger partial charge >= 0.3 is 10.1 Å². The number of benzene rings is 3. The highest BCUT2D eigenvalue weighted by atomic mass is 32.2. The van der Waals surface area contributed by atoms with Gasteiger partial charge in [-0.15, -0.1) is 0 Å². The molecule has 27 heavy (non-hydrogen) atoms. The van der Waals surface area contributed by atoms with Crippen molar-refractivity contribution in [3.05, 3.63) is 84.4 Å². The van der Waals surface area contributed by atoms with Crippen LogP contribution in [-0.4, -0.2) is 18.4 Å². The normalized spacial score (nSPS) is 11.4. The minimum atomic E-state index is -4.03. The molecule has 134 valence electrons. The van der Waals surface area contributed by atoms with E-state index in [1.165, 1.54) is 12.1 Å². The number of aryl methyl sites for hydroxylation is 1. The van der Waals surface area contributed by atoms with Crippen molar-refractivity contribution >= 4 is 21.2 Å². The molecule has 0 bridgehead atoms. The lowest BCUT2D eigenvalue weighted by molar-refractivity contribution is 0.477. The number of rotatable bonds is 4. The average molecular weight is 376 g/mol. The maximum absolute atomic E-state index is 12.7. The molecule has 0 aliphatic rings. The minimum Gasteiger partial charge on any atom is -0.356 e. The topological polar surface area (TPSA) is 69.2 Å². The van der Waals surface area contributed by atoms with Crippen molar-refractivity contribution in [3.8, 4) is 17.1 Å². The van der Waals surface area contributed by atoms with Gasteiger partial charge in [0.05, 0.1) is 11.0 Å². The smallest absolute Gasteiger partial charge is 0.340 e. The number of fused-ring (bicyclic) bond motifs is 1. The van der Waals surface area contributed by atoms with Crippen LogP contribution in [-0.2, 0) is 10.1 Å². The van der Waals surface area contributed by atoms with Crippen molar-refractivity contribution < 1.29 is 12.6 Å². The first-order valence-electron chi connectivity index (χ1n) is 8.36. The Morgan fingerprint density at radius 3 is 2.00 bits per heavy atom. The molecule has 0 saturated heterocycles. The van der Waals surface area contributed by atoms with Crippen molar-refractivity contribution in [2.75, 3.05) is 0 Å². The fraction of sp³-hybridized carbons (Fsp3) is 0.0476. The van der Waals surface area contributed by atoms with E-state index in [2.05, 4.69) is 9.97 Å². The van der Waals surface area contributed by atoms with Gasteiger partial charge in [-0.1, -0.05) is 60.2 Å². The third-order valence-electron chi connectivity index (χ3n) is 4.08. The second-order valence-corrected chi connectivity index (χ2v) is 7.63. The number of hydrogen-bond donors (Lipinski definition) is 0. The van der Waals surface area contributed by atoms with E-state index < -0.39 is 10.1 Å². The second-order valence-electron chi connectivity index (χ2n) is 6.08. The molecule has 0 fully saturated rings. The molecule has 0 aliphatic carbocycles. The van der Waals surface area contributed by atoms with Gasteiger partial charge in [0.25, 0.3) is 5.88 Å². The average Bonchev–Trinajstić information content (AvgIpc) is 2.68. The van der Waals surface area contributed by atoms with Crippen LogP contribution in [0.5, 0.6) is 5.88 Å².